The molecule has 2 rings (SSSR count). The lowest BCUT2D eigenvalue weighted by Gasteiger charge is -2.16. The molecule has 0 radical (unpaired) electrons. The smallest absolute Gasteiger partial charge is 0.238 e. The number of amides is 2. The quantitative estimate of drug-likeness (QED) is 0.605. The van der Waals surface area contributed by atoms with E-state index in [1.54, 1.807) is 16.7 Å². The summed E-state index contributed by atoms with van der Waals surface area (Å²) in [7, 11) is 0. The van der Waals surface area contributed by atoms with Gasteiger partial charge in [-0.3, -0.25) is 14.5 Å². The standard InChI is InChI=1S/C17H22N2O2S3/c1-10-7-11(2)13(4)16(12(10)3)23-8-14(20)18-5-6-19-15(21)9-24-17(19)22/h7H,5-6,8-9H2,1-4H3,(H,18,20). The van der Waals surface area contributed by atoms with E-state index < -0.39 is 0 Å². The molecule has 4 nitrogen and oxygen atoms in total. The van der Waals surface area contributed by atoms with E-state index in [1.165, 1.54) is 38.9 Å². The third kappa shape index (κ3) is 4.52. The molecule has 2 amide bonds. The maximum atomic E-state index is 12.1. The van der Waals surface area contributed by atoms with Gasteiger partial charge in [0.2, 0.25) is 11.8 Å². The van der Waals surface area contributed by atoms with Gasteiger partial charge in [-0.2, -0.15) is 0 Å². The summed E-state index contributed by atoms with van der Waals surface area (Å²) in [6.45, 7) is 9.26. The van der Waals surface area contributed by atoms with Crippen molar-refractivity contribution in [3.05, 3.63) is 28.3 Å². The number of thioether (sulfide) groups is 2. The number of thiocarbonyl (C=S) groups is 1. The van der Waals surface area contributed by atoms with Gasteiger partial charge in [-0.05, 0) is 49.9 Å². The van der Waals surface area contributed by atoms with Crippen molar-refractivity contribution < 1.29 is 9.59 Å². The lowest BCUT2D eigenvalue weighted by atomic mass is 10.0. The molecular weight excluding hydrogens is 360 g/mol. The molecule has 1 saturated heterocycles. The van der Waals surface area contributed by atoms with Crippen LogP contribution in [0.1, 0.15) is 22.3 Å². The van der Waals surface area contributed by atoms with E-state index in [1.807, 2.05) is 0 Å². The highest BCUT2D eigenvalue weighted by atomic mass is 32.2. The molecular formula is C17H22N2O2S3. The summed E-state index contributed by atoms with van der Waals surface area (Å²) in [5.74, 6) is 0.782. The van der Waals surface area contributed by atoms with E-state index in [0.29, 0.717) is 28.9 Å². The van der Waals surface area contributed by atoms with E-state index >= 15 is 0 Å². The molecule has 0 aliphatic carbocycles. The predicted octanol–water partition coefficient (Wildman–Crippen LogP) is 2.99. The van der Waals surface area contributed by atoms with Crippen molar-refractivity contribution in [2.45, 2.75) is 32.6 Å². The Kier molecular flexibility index (Phi) is 6.71. The van der Waals surface area contributed by atoms with Crippen molar-refractivity contribution in [3.8, 4) is 0 Å². The van der Waals surface area contributed by atoms with Crippen molar-refractivity contribution in [2.24, 2.45) is 0 Å². The van der Waals surface area contributed by atoms with Crippen LogP contribution < -0.4 is 5.32 Å². The van der Waals surface area contributed by atoms with Crippen LogP contribution in [0.5, 0.6) is 0 Å². The molecule has 0 aromatic heterocycles. The second-order valence-electron chi connectivity index (χ2n) is 5.83. The molecule has 7 heteroatoms. The minimum atomic E-state index is -0.0248. The normalized spacial score (nSPS) is 14.4. The zero-order valence-corrected chi connectivity index (χ0v) is 16.8. The SMILES string of the molecule is Cc1cc(C)c(C)c(SCC(=O)NCCN2C(=O)CSC2=S)c1C. The first-order valence-corrected chi connectivity index (χ1v) is 10.1. The van der Waals surface area contributed by atoms with Gasteiger partial charge in [0.15, 0.2) is 0 Å². The van der Waals surface area contributed by atoms with Crippen molar-refractivity contribution in [1.29, 1.82) is 0 Å². The first kappa shape index (κ1) is 19.3. The predicted molar refractivity (Wildman–Crippen MR) is 106 cm³/mol. The van der Waals surface area contributed by atoms with Crippen LogP contribution in [-0.4, -0.2) is 45.6 Å². The lowest BCUT2D eigenvalue weighted by Crippen LogP contribution is -2.37. The van der Waals surface area contributed by atoms with Crippen LogP contribution in [0.4, 0.5) is 0 Å². The molecule has 0 saturated carbocycles. The molecule has 0 unspecified atom stereocenters. The van der Waals surface area contributed by atoms with Gasteiger partial charge in [0, 0.05) is 18.0 Å². The van der Waals surface area contributed by atoms with Crippen LogP contribution in [0.15, 0.2) is 11.0 Å². The molecule has 1 aromatic rings. The largest absolute Gasteiger partial charge is 0.354 e. The van der Waals surface area contributed by atoms with Gasteiger partial charge in [0.25, 0.3) is 0 Å². The van der Waals surface area contributed by atoms with Gasteiger partial charge >= 0.3 is 0 Å². The second kappa shape index (κ2) is 8.36. The Balaban J connectivity index is 1.84. The molecule has 1 aliphatic rings. The van der Waals surface area contributed by atoms with Crippen molar-refractivity contribution in [3.63, 3.8) is 0 Å². The number of benzene rings is 1. The van der Waals surface area contributed by atoms with E-state index in [4.69, 9.17) is 12.2 Å². The highest BCUT2D eigenvalue weighted by Crippen LogP contribution is 2.30. The van der Waals surface area contributed by atoms with Crippen molar-refractivity contribution in [1.82, 2.24) is 10.2 Å². The molecule has 0 spiro atoms. The van der Waals surface area contributed by atoms with Gasteiger partial charge in [-0.15, -0.1) is 11.8 Å². The molecule has 1 heterocycles. The Morgan fingerprint density at radius 2 is 1.92 bits per heavy atom. The van der Waals surface area contributed by atoms with Crippen LogP contribution in [0.3, 0.4) is 0 Å². The van der Waals surface area contributed by atoms with Crippen molar-refractivity contribution in [2.75, 3.05) is 24.6 Å². The number of hydrogen-bond donors (Lipinski definition) is 1. The van der Waals surface area contributed by atoms with Crippen LogP contribution >= 0.6 is 35.7 Å². The summed E-state index contributed by atoms with van der Waals surface area (Å²) in [6, 6.07) is 2.18. The topological polar surface area (TPSA) is 49.4 Å². The fourth-order valence-electron chi connectivity index (χ4n) is 2.49. The monoisotopic (exact) mass is 382 g/mol. The number of aryl methyl sites for hydroxylation is 2. The minimum Gasteiger partial charge on any atom is -0.354 e. The Labute approximate surface area is 157 Å². The third-order valence-electron chi connectivity index (χ3n) is 4.14. The van der Waals surface area contributed by atoms with Gasteiger partial charge in [0.1, 0.15) is 4.32 Å². The fraction of sp³-hybridized carbons (Fsp3) is 0.471. The Bertz CT molecular complexity index is 647. The van der Waals surface area contributed by atoms with Crippen LogP contribution in [0.25, 0.3) is 0 Å². The maximum absolute atomic E-state index is 12.1. The summed E-state index contributed by atoms with van der Waals surface area (Å²) in [6.07, 6.45) is 0. The maximum Gasteiger partial charge on any atom is 0.238 e. The Morgan fingerprint density at radius 1 is 1.29 bits per heavy atom. The summed E-state index contributed by atoms with van der Waals surface area (Å²) in [5.41, 5.74) is 4.97. The summed E-state index contributed by atoms with van der Waals surface area (Å²) in [4.78, 5) is 26.4. The molecule has 130 valence electrons. The third-order valence-corrected chi connectivity index (χ3v) is 6.88. The van der Waals surface area contributed by atoms with Gasteiger partial charge in [-0.1, -0.05) is 30.0 Å². The Hall–Kier alpha value is -1.05. The van der Waals surface area contributed by atoms with Crippen LogP contribution in [0.2, 0.25) is 0 Å². The Morgan fingerprint density at radius 3 is 2.46 bits per heavy atom. The summed E-state index contributed by atoms with van der Waals surface area (Å²) in [5, 5.41) is 2.87. The molecule has 1 fully saturated rings. The number of rotatable bonds is 6. The van der Waals surface area contributed by atoms with Gasteiger partial charge in [-0.25, -0.2) is 0 Å². The van der Waals surface area contributed by atoms with E-state index in [-0.39, 0.29) is 11.8 Å². The van der Waals surface area contributed by atoms with Gasteiger partial charge in [0.05, 0.1) is 11.5 Å². The first-order chi connectivity index (χ1) is 11.3. The van der Waals surface area contributed by atoms with E-state index in [0.717, 1.165) is 0 Å². The number of nitrogens with one attached hydrogen (secondary N) is 1. The van der Waals surface area contributed by atoms with Crippen LogP contribution in [-0.2, 0) is 9.59 Å². The number of hydrogen-bond acceptors (Lipinski definition) is 5. The highest BCUT2D eigenvalue weighted by Gasteiger charge is 2.25. The molecule has 1 aliphatic heterocycles. The number of carbonyl (C=O) groups is 2. The molecule has 0 atom stereocenters. The van der Waals surface area contributed by atoms with Crippen LogP contribution in [0, 0.1) is 27.7 Å². The number of nitrogens with zero attached hydrogens (tertiary/aromatic N) is 1. The average Bonchev–Trinajstić information content (AvgIpc) is 2.85. The summed E-state index contributed by atoms with van der Waals surface area (Å²) < 4.78 is 0.602. The first-order valence-electron chi connectivity index (χ1n) is 7.75. The van der Waals surface area contributed by atoms with E-state index in [2.05, 4.69) is 39.1 Å². The minimum absolute atomic E-state index is 0.0232. The second-order valence-corrected chi connectivity index (χ2v) is 8.42. The number of carbonyl (C=O) groups excluding carboxylic acids is 2. The highest BCUT2D eigenvalue weighted by molar-refractivity contribution is 8.23. The molecule has 1 aromatic carbocycles. The zero-order chi connectivity index (χ0) is 17.9. The van der Waals surface area contributed by atoms with Crippen molar-refractivity contribution >= 4 is 51.9 Å². The fourth-order valence-corrected chi connectivity index (χ4v) is 4.74. The van der Waals surface area contributed by atoms with Gasteiger partial charge < -0.3 is 5.32 Å². The summed E-state index contributed by atoms with van der Waals surface area (Å²) >= 11 is 8.06. The zero-order valence-electron chi connectivity index (χ0n) is 14.4. The molecule has 24 heavy (non-hydrogen) atoms. The van der Waals surface area contributed by atoms with E-state index in [9.17, 15) is 9.59 Å². The average molecular weight is 383 g/mol. The molecule has 0 bridgehead atoms. The molecule has 1 N–H and O–H groups in total. The lowest BCUT2D eigenvalue weighted by molar-refractivity contribution is -0.124.